The minimum atomic E-state index is -0.214. The molecule has 0 atom stereocenters. The van der Waals surface area contributed by atoms with Gasteiger partial charge in [-0.1, -0.05) is 0 Å². The number of hydrogen-bond donors (Lipinski definition) is 2. The number of carbonyl (C=O) groups excluding carboxylic acids is 2. The summed E-state index contributed by atoms with van der Waals surface area (Å²) in [5.74, 6) is -0.428. The van der Waals surface area contributed by atoms with E-state index in [9.17, 15) is 9.59 Å². The monoisotopic (exact) mass is 259 g/mol. The third-order valence-corrected chi connectivity index (χ3v) is 3.80. The largest absolute Gasteiger partial charge is 0.382 e. The molecule has 0 aliphatic carbocycles. The van der Waals surface area contributed by atoms with E-state index >= 15 is 0 Å². The first-order valence-corrected chi connectivity index (χ1v) is 6.60. The minimum absolute atomic E-state index is 0.214. The fourth-order valence-corrected chi connectivity index (χ4v) is 2.65. The number of rotatable bonds is 2. The lowest BCUT2D eigenvalue weighted by Gasteiger charge is -2.24. The average Bonchev–Trinajstić information content (AvgIpc) is 2.65. The summed E-state index contributed by atoms with van der Waals surface area (Å²) in [4.78, 5) is 24.9. The van der Waals surface area contributed by atoms with Gasteiger partial charge in [0, 0.05) is 18.8 Å². The molecule has 5 heteroatoms. The van der Waals surface area contributed by atoms with Gasteiger partial charge in [0.1, 0.15) is 0 Å². The maximum atomic E-state index is 11.9. The number of nitrogens with zero attached hydrogens (tertiary/aromatic N) is 1. The Labute approximate surface area is 112 Å². The van der Waals surface area contributed by atoms with E-state index in [1.54, 1.807) is 12.1 Å². The summed E-state index contributed by atoms with van der Waals surface area (Å²) in [6.45, 7) is 2.03. The van der Waals surface area contributed by atoms with Gasteiger partial charge >= 0.3 is 0 Å². The van der Waals surface area contributed by atoms with Crippen molar-refractivity contribution in [3.05, 3.63) is 29.3 Å². The lowest BCUT2D eigenvalue weighted by atomic mass is 10.0. The maximum absolute atomic E-state index is 11.9. The third-order valence-electron chi connectivity index (χ3n) is 3.80. The summed E-state index contributed by atoms with van der Waals surface area (Å²) in [6.07, 6.45) is 2.15. The fourth-order valence-electron chi connectivity index (χ4n) is 2.65. The van der Waals surface area contributed by atoms with Crippen LogP contribution in [0.25, 0.3) is 0 Å². The van der Waals surface area contributed by atoms with Crippen LogP contribution in [-0.4, -0.2) is 42.9 Å². The van der Waals surface area contributed by atoms with Gasteiger partial charge in [-0.05, 0) is 44.1 Å². The number of nitrogens with one attached hydrogen (secondary N) is 2. The molecule has 2 heterocycles. The van der Waals surface area contributed by atoms with Crippen LogP contribution >= 0.6 is 0 Å². The summed E-state index contributed by atoms with van der Waals surface area (Å²) in [5.41, 5.74) is 1.93. The van der Waals surface area contributed by atoms with Crippen LogP contribution in [0.2, 0.25) is 0 Å². The van der Waals surface area contributed by atoms with Crippen molar-refractivity contribution in [1.29, 1.82) is 0 Å². The molecule has 1 saturated heterocycles. The molecular formula is C14H17N3O2. The first-order valence-electron chi connectivity index (χ1n) is 6.60. The summed E-state index contributed by atoms with van der Waals surface area (Å²) in [7, 11) is 1.52. The Morgan fingerprint density at radius 2 is 1.84 bits per heavy atom. The molecule has 1 aromatic carbocycles. The molecule has 0 unspecified atom stereocenters. The van der Waals surface area contributed by atoms with E-state index in [2.05, 4.69) is 10.6 Å². The molecule has 1 aromatic rings. The van der Waals surface area contributed by atoms with Gasteiger partial charge in [0.25, 0.3) is 11.8 Å². The number of fused-ring (bicyclic) bond motifs is 1. The molecule has 0 radical (unpaired) electrons. The minimum Gasteiger partial charge on any atom is -0.382 e. The number of piperidine rings is 1. The van der Waals surface area contributed by atoms with Crippen LogP contribution in [0, 0.1) is 0 Å². The highest BCUT2D eigenvalue weighted by atomic mass is 16.2. The molecule has 0 aromatic heterocycles. The molecule has 1 fully saturated rings. The summed E-state index contributed by atoms with van der Waals surface area (Å²) in [5, 5.41) is 6.75. The Balaban J connectivity index is 1.82. The van der Waals surface area contributed by atoms with Gasteiger partial charge in [-0.25, -0.2) is 0 Å². The predicted octanol–water partition coefficient (Wildman–Crippen LogP) is 1.08. The van der Waals surface area contributed by atoms with Crippen LogP contribution in [0.5, 0.6) is 0 Å². The van der Waals surface area contributed by atoms with Crippen LogP contribution in [0.4, 0.5) is 5.69 Å². The number of benzene rings is 1. The molecular weight excluding hydrogens is 242 g/mol. The van der Waals surface area contributed by atoms with Crippen molar-refractivity contribution < 1.29 is 9.59 Å². The van der Waals surface area contributed by atoms with Gasteiger partial charge < -0.3 is 10.6 Å². The predicted molar refractivity (Wildman–Crippen MR) is 72.4 cm³/mol. The average molecular weight is 259 g/mol. The Morgan fingerprint density at radius 1 is 1.16 bits per heavy atom. The molecule has 2 aliphatic rings. The van der Waals surface area contributed by atoms with Gasteiger partial charge in [-0.15, -0.1) is 0 Å². The second-order valence-corrected chi connectivity index (χ2v) is 5.10. The lowest BCUT2D eigenvalue weighted by Crippen LogP contribution is -2.35. The van der Waals surface area contributed by atoms with Gasteiger partial charge in [-0.3, -0.25) is 14.5 Å². The zero-order chi connectivity index (χ0) is 13.4. The van der Waals surface area contributed by atoms with E-state index in [0.717, 1.165) is 31.6 Å². The van der Waals surface area contributed by atoms with Crippen LogP contribution in [0.3, 0.4) is 0 Å². The number of amides is 2. The number of carbonyl (C=O) groups is 2. The van der Waals surface area contributed by atoms with E-state index in [-0.39, 0.29) is 11.8 Å². The third kappa shape index (κ3) is 2.10. The Kier molecular flexibility index (Phi) is 2.98. The van der Waals surface area contributed by atoms with Crippen molar-refractivity contribution in [1.82, 2.24) is 10.2 Å². The van der Waals surface area contributed by atoms with Crippen LogP contribution < -0.4 is 10.6 Å². The Morgan fingerprint density at radius 3 is 2.58 bits per heavy atom. The summed E-state index contributed by atoms with van der Waals surface area (Å²) >= 11 is 0. The topological polar surface area (TPSA) is 61.4 Å². The highest BCUT2D eigenvalue weighted by Crippen LogP contribution is 2.25. The van der Waals surface area contributed by atoms with Gasteiger partial charge in [0.05, 0.1) is 11.1 Å². The molecule has 0 spiro atoms. The van der Waals surface area contributed by atoms with E-state index in [4.69, 9.17) is 0 Å². The molecule has 5 nitrogen and oxygen atoms in total. The zero-order valence-corrected chi connectivity index (χ0v) is 10.9. The SMILES string of the molecule is CN1C(=O)c2ccc(NC3CCNCC3)cc2C1=O. The standard InChI is InChI=1S/C14H17N3O2/c1-17-13(18)11-3-2-10(8-12(11)14(17)19)16-9-4-6-15-7-5-9/h2-3,8-9,15-16H,4-7H2,1H3. The molecule has 3 rings (SSSR count). The Bertz CT molecular complexity index is 535. The molecule has 0 bridgehead atoms. The number of anilines is 1. The quantitative estimate of drug-likeness (QED) is 0.780. The van der Waals surface area contributed by atoms with Crippen LogP contribution in [0.1, 0.15) is 33.6 Å². The maximum Gasteiger partial charge on any atom is 0.261 e. The van der Waals surface area contributed by atoms with E-state index in [1.807, 2.05) is 6.07 Å². The molecule has 19 heavy (non-hydrogen) atoms. The molecule has 0 saturated carbocycles. The van der Waals surface area contributed by atoms with Crippen LogP contribution in [-0.2, 0) is 0 Å². The van der Waals surface area contributed by atoms with Crippen molar-refractivity contribution in [2.24, 2.45) is 0 Å². The van der Waals surface area contributed by atoms with Crippen molar-refractivity contribution in [2.75, 3.05) is 25.5 Å². The molecule has 2 amide bonds. The van der Waals surface area contributed by atoms with Crippen molar-refractivity contribution >= 4 is 17.5 Å². The van der Waals surface area contributed by atoms with E-state index < -0.39 is 0 Å². The van der Waals surface area contributed by atoms with Gasteiger partial charge in [0.2, 0.25) is 0 Å². The van der Waals surface area contributed by atoms with E-state index in [0.29, 0.717) is 17.2 Å². The second-order valence-electron chi connectivity index (χ2n) is 5.10. The highest BCUT2D eigenvalue weighted by molar-refractivity contribution is 6.21. The number of hydrogen-bond acceptors (Lipinski definition) is 4. The normalized spacial score (nSPS) is 19.7. The van der Waals surface area contributed by atoms with Crippen LogP contribution in [0.15, 0.2) is 18.2 Å². The Hall–Kier alpha value is -1.88. The first kappa shape index (κ1) is 12.2. The fraction of sp³-hybridized carbons (Fsp3) is 0.429. The van der Waals surface area contributed by atoms with Crippen molar-refractivity contribution in [3.8, 4) is 0 Å². The van der Waals surface area contributed by atoms with Crippen molar-refractivity contribution in [3.63, 3.8) is 0 Å². The lowest BCUT2D eigenvalue weighted by molar-refractivity contribution is 0.0693. The highest BCUT2D eigenvalue weighted by Gasteiger charge is 2.32. The smallest absolute Gasteiger partial charge is 0.261 e. The zero-order valence-electron chi connectivity index (χ0n) is 10.9. The first-order chi connectivity index (χ1) is 9.16. The summed E-state index contributed by atoms with van der Waals surface area (Å²) < 4.78 is 0. The summed E-state index contributed by atoms with van der Waals surface area (Å²) in [6, 6.07) is 5.85. The molecule has 2 N–H and O–H groups in total. The van der Waals surface area contributed by atoms with Crippen molar-refractivity contribution in [2.45, 2.75) is 18.9 Å². The molecule has 100 valence electrons. The van der Waals surface area contributed by atoms with Gasteiger partial charge in [-0.2, -0.15) is 0 Å². The number of imide groups is 1. The van der Waals surface area contributed by atoms with Gasteiger partial charge in [0.15, 0.2) is 0 Å². The second kappa shape index (κ2) is 4.66. The van der Waals surface area contributed by atoms with E-state index in [1.165, 1.54) is 11.9 Å². The molecule has 2 aliphatic heterocycles.